The number of aryl methyl sites for hydroxylation is 1. The van der Waals surface area contributed by atoms with Gasteiger partial charge in [-0.3, -0.25) is 0 Å². The van der Waals surface area contributed by atoms with Crippen molar-refractivity contribution >= 4 is 17.5 Å². The monoisotopic (exact) mass is 261 g/mol. The summed E-state index contributed by atoms with van der Waals surface area (Å²) >= 11 is 6.02. The minimum absolute atomic E-state index is 0.518. The Morgan fingerprint density at radius 1 is 1.11 bits per heavy atom. The van der Waals surface area contributed by atoms with E-state index in [4.69, 9.17) is 11.6 Å². The fraction of sp³-hybridized carbons (Fsp3) is 0.286. The van der Waals surface area contributed by atoms with Crippen LogP contribution in [-0.4, -0.2) is 16.5 Å². The van der Waals surface area contributed by atoms with Crippen molar-refractivity contribution in [2.45, 2.75) is 20.3 Å². The van der Waals surface area contributed by atoms with Crippen LogP contribution in [0.15, 0.2) is 30.3 Å². The molecule has 0 aliphatic carbocycles. The topological polar surface area (TPSA) is 37.8 Å². The molecule has 1 aromatic heterocycles. The molecule has 0 radical (unpaired) electrons. The van der Waals surface area contributed by atoms with Gasteiger partial charge >= 0.3 is 0 Å². The Bertz CT molecular complexity index is 503. The van der Waals surface area contributed by atoms with Gasteiger partial charge < -0.3 is 5.32 Å². The Labute approximate surface area is 112 Å². The third-order valence-corrected chi connectivity index (χ3v) is 3.24. The number of nitrogens with one attached hydrogen (secondary N) is 1. The van der Waals surface area contributed by atoms with Gasteiger partial charge in [-0.1, -0.05) is 41.9 Å². The van der Waals surface area contributed by atoms with Crippen LogP contribution in [0.1, 0.15) is 16.8 Å². The van der Waals surface area contributed by atoms with Gasteiger partial charge in [0.25, 0.3) is 0 Å². The second-order valence-corrected chi connectivity index (χ2v) is 4.57. The summed E-state index contributed by atoms with van der Waals surface area (Å²) in [6.45, 7) is 4.65. The normalized spacial score (nSPS) is 10.4. The highest BCUT2D eigenvalue weighted by atomic mass is 35.5. The molecule has 94 valence electrons. The van der Waals surface area contributed by atoms with Crippen LogP contribution >= 0.6 is 11.6 Å². The number of hydrogen-bond acceptors (Lipinski definition) is 3. The Hall–Kier alpha value is -1.61. The SMILES string of the molecule is Cc1nc(NCCc2ccccc2)nc(Cl)c1C. The number of benzene rings is 1. The fourth-order valence-corrected chi connectivity index (χ4v) is 1.85. The van der Waals surface area contributed by atoms with Gasteiger partial charge in [0, 0.05) is 17.8 Å². The van der Waals surface area contributed by atoms with Crippen molar-refractivity contribution in [2.75, 3.05) is 11.9 Å². The van der Waals surface area contributed by atoms with Crippen molar-refractivity contribution < 1.29 is 0 Å². The number of aromatic nitrogens is 2. The molecule has 0 atom stereocenters. The minimum Gasteiger partial charge on any atom is -0.354 e. The summed E-state index contributed by atoms with van der Waals surface area (Å²) in [6.07, 6.45) is 0.939. The van der Waals surface area contributed by atoms with Gasteiger partial charge in [0.05, 0.1) is 0 Å². The van der Waals surface area contributed by atoms with Crippen LogP contribution < -0.4 is 5.32 Å². The van der Waals surface area contributed by atoms with Crippen LogP contribution in [0.25, 0.3) is 0 Å². The van der Waals surface area contributed by atoms with E-state index in [1.165, 1.54) is 5.56 Å². The first-order valence-corrected chi connectivity index (χ1v) is 6.33. The molecular weight excluding hydrogens is 246 g/mol. The zero-order valence-electron chi connectivity index (χ0n) is 10.6. The smallest absolute Gasteiger partial charge is 0.224 e. The Morgan fingerprint density at radius 3 is 2.50 bits per heavy atom. The molecule has 2 rings (SSSR count). The molecule has 4 heteroatoms. The summed E-state index contributed by atoms with van der Waals surface area (Å²) in [6, 6.07) is 10.3. The van der Waals surface area contributed by atoms with Crippen molar-refractivity contribution in [2.24, 2.45) is 0 Å². The summed E-state index contributed by atoms with van der Waals surface area (Å²) in [5.74, 6) is 0.596. The van der Waals surface area contributed by atoms with Crippen molar-refractivity contribution in [1.29, 1.82) is 0 Å². The van der Waals surface area contributed by atoms with E-state index in [0.29, 0.717) is 11.1 Å². The molecule has 18 heavy (non-hydrogen) atoms. The molecule has 1 aromatic carbocycles. The first-order chi connectivity index (χ1) is 8.66. The molecule has 1 N–H and O–H groups in total. The molecule has 0 bridgehead atoms. The lowest BCUT2D eigenvalue weighted by molar-refractivity contribution is 0.967. The molecule has 0 fully saturated rings. The minimum atomic E-state index is 0.518. The van der Waals surface area contributed by atoms with E-state index in [1.54, 1.807) is 0 Å². The van der Waals surface area contributed by atoms with Crippen LogP contribution in [0.3, 0.4) is 0 Å². The van der Waals surface area contributed by atoms with E-state index in [0.717, 1.165) is 24.2 Å². The predicted molar refractivity (Wildman–Crippen MR) is 75.2 cm³/mol. The molecule has 3 nitrogen and oxygen atoms in total. The van der Waals surface area contributed by atoms with Gasteiger partial charge in [0.1, 0.15) is 5.15 Å². The van der Waals surface area contributed by atoms with Crippen LogP contribution in [0.5, 0.6) is 0 Å². The molecule has 0 aliphatic rings. The summed E-state index contributed by atoms with van der Waals surface area (Å²) in [5.41, 5.74) is 3.14. The van der Waals surface area contributed by atoms with Crippen molar-refractivity contribution in [3.05, 3.63) is 52.3 Å². The molecule has 0 saturated carbocycles. The average molecular weight is 262 g/mol. The quantitative estimate of drug-likeness (QED) is 0.858. The van der Waals surface area contributed by atoms with E-state index < -0.39 is 0 Å². The second-order valence-electron chi connectivity index (χ2n) is 4.21. The van der Waals surface area contributed by atoms with Crippen LogP contribution in [0, 0.1) is 13.8 Å². The number of rotatable bonds is 4. The lowest BCUT2D eigenvalue weighted by Gasteiger charge is -2.08. The molecule has 0 aliphatic heterocycles. The Morgan fingerprint density at radius 2 is 1.83 bits per heavy atom. The van der Waals surface area contributed by atoms with Gasteiger partial charge in [-0.25, -0.2) is 9.97 Å². The second kappa shape index (κ2) is 5.83. The largest absolute Gasteiger partial charge is 0.354 e. The number of nitrogens with zero attached hydrogens (tertiary/aromatic N) is 2. The third-order valence-electron chi connectivity index (χ3n) is 2.87. The van der Waals surface area contributed by atoms with E-state index in [2.05, 4.69) is 27.4 Å². The van der Waals surface area contributed by atoms with Crippen LogP contribution in [0.4, 0.5) is 5.95 Å². The maximum Gasteiger partial charge on any atom is 0.224 e. The van der Waals surface area contributed by atoms with Gasteiger partial charge in [0.2, 0.25) is 5.95 Å². The highest BCUT2D eigenvalue weighted by Crippen LogP contribution is 2.16. The maximum absolute atomic E-state index is 6.02. The van der Waals surface area contributed by atoms with Gasteiger partial charge in [-0.05, 0) is 25.8 Å². The Balaban J connectivity index is 1.95. The van der Waals surface area contributed by atoms with Crippen molar-refractivity contribution in [3.63, 3.8) is 0 Å². The van der Waals surface area contributed by atoms with Crippen molar-refractivity contribution in [3.8, 4) is 0 Å². The molecule has 0 spiro atoms. The number of halogens is 1. The Kier molecular flexibility index (Phi) is 4.15. The standard InChI is InChI=1S/C14H16ClN3/c1-10-11(2)17-14(18-13(10)15)16-9-8-12-6-4-3-5-7-12/h3-7H,8-9H2,1-2H3,(H,16,17,18). The lowest BCUT2D eigenvalue weighted by Crippen LogP contribution is -2.09. The predicted octanol–water partition coefficient (Wildman–Crippen LogP) is 3.40. The first kappa shape index (κ1) is 12.8. The summed E-state index contributed by atoms with van der Waals surface area (Å²) < 4.78 is 0. The van der Waals surface area contributed by atoms with E-state index in [1.807, 2.05) is 32.0 Å². The van der Waals surface area contributed by atoms with Gasteiger partial charge in [0.15, 0.2) is 0 Å². The van der Waals surface area contributed by atoms with E-state index in [9.17, 15) is 0 Å². The first-order valence-electron chi connectivity index (χ1n) is 5.95. The maximum atomic E-state index is 6.02. The summed E-state index contributed by atoms with van der Waals surface area (Å²) in [7, 11) is 0. The van der Waals surface area contributed by atoms with Gasteiger partial charge in [-0.15, -0.1) is 0 Å². The van der Waals surface area contributed by atoms with E-state index >= 15 is 0 Å². The number of anilines is 1. The highest BCUT2D eigenvalue weighted by molar-refractivity contribution is 6.30. The molecule has 0 amide bonds. The zero-order valence-corrected chi connectivity index (χ0v) is 11.3. The molecule has 2 aromatic rings. The molecule has 0 unspecified atom stereocenters. The fourth-order valence-electron chi connectivity index (χ4n) is 1.64. The van der Waals surface area contributed by atoms with Crippen LogP contribution in [0.2, 0.25) is 5.15 Å². The zero-order chi connectivity index (χ0) is 13.0. The molecular formula is C14H16ClN3. The van der Waals surface area contributed by atoms with Crippen LogP contribution in [-0.2, 0) is 6.42 Å². The number of hydrogen-bond donors (Lipinski definition) is 1. The summed E-state index contributed by atoms with van der Waals surface area (Å²) in [4.78, 5) is 8.57. The average Bonchev–Trinajstić information content (AvgIpc) is 2.37. The molecule has 0 saturated heterocycles. The molecule has 1 heterocycles. The highest BCUT2D eigenvalue weighted by Gasteiger charge is 2.05. The van der Waals surface area contributed by atoms with Crippen molar-refractivity contribution in [1.82, 2.24) is 9.97 Å². The van der Waals surface area contributed by atoms with E-state index in [-0.39, 0.29) is 0 Å². The third kappa shape index (κ3) is 3.20. The summed E-state index contributed by atoms with van der Waals surface area (Å²) in [5, 5.41) is 3.71. The lowest BCUT2D eigenvalue weighted by atomic mass is 10.1. The van der Waals surface area contributed by atoms with Gasteiger partial charge in [-0.2, -0.15) is 0 Å².